The van der Waals surface area contributed by atoms with Gasteiger partial charge in [-0.15, -0.1) is 11.6 Å². The Morgan fingerprint density at radius 1 is 0.917 bits per heavy atom. The highest BCUT2D eigenvalue weighted by atomic mass is 35.5. The molecule has 1 saturated heterocycles. The number of amides is 1. The first-order chi connectivity index (χ1) is 11.8. The lowest BCUT2D eigenvalue weighted by Crippen LogP contribution is -2.49. The van der Waals surface area contributed by atoms with Crippen LogP contribution in [0.5, 0.6) is 0 Å². The molecule has 3 nitrogen and oxygen atoms in total. The van der Waals surface area contributed by atoms with Gasteiger partial charge in [0, 0.05) is 44.2 Å². The zero-order chi connectivity index (χ0) is 16.8. The van der Waals surface area contributed by atoms with Crippen LogP contribution in [0.1, 0.15) is 21.5 Å². The van der Waals surface area contributed by atoms with Crippen molar-refractivity contribution >= 4 is 17.5 Å². The third-order valence-corrected chi connectivity index (χ3v) is 4.86. The molecule has 0 spiro atoms. The Bertz CT molecular complexity index is 666. The minimum absolute atomic E-state index is 0.115. The Morgan fingerprint density at radius 3 is 2.33 bits per heavy atom. The quantitative estimate of drug-likeness (QED) is 0.777. The number of piperazine rings is 1. The first-order valence-corrected chi connectivity index (χ1v) is 9.00. The molecule has 1 fully saturated rings. The van der Waals surface area contributed by atoms with Crippen LogP contribution >= 0.6 is 11.6 Å². The lowest BCUT2D eigenvalue weighted by molar-refractivity contribution is 0.0638. The number of hydrogen-bond acceptors (Lipinski definition) is 2. The predicted molar refractivity (Wildman–Crippen MR) is 98.5 cm³/mol. The van der Waals surface area contributed by atoms with Gasteiger partial charge in [-0.05, 0) is 29.7 Å². The van der Waals surface area contributed by atoms with Crippen LogP contribution < -0.4 is 0 Å². The van der Waals surface area contributed by atoms with Crippen molar-refractivity contribution in [1.29, 1.82) is 0 Å². The number of hydrogen-bond donors (Lipinski definition) is 0. The molecule has 0 atom stereocenters. The molecule has 0 N–H and O–H groups in total. The Labute approximate surface area is 148 Å². The lowest BCUT2D eigenvalue weighted by atomic mass is 10.1. The number of halogens is 1. The first-order valence-electron chi connectivity index (χ1n) is 8.47. The smallest absolute Gasteiger partial charge is 0.253 e. The van der Waals surface area contributed by atoms with Gasteiger partial charge in [0.05, 0.1) is 0 Å². The topological polar surface area (TPSA) is 23.6 Å². The van der Waals surface area contributed by atoms with Gasteiger partial charge in [-0.2, -0.15) is 0 Å². The van der Waals surface area contributed by atoms with E-state index in [9.17, 15) is 4.79 Å². The van der Waals surface area contributed by atoms with Gasteiger partial charge in [0.1, 0.15) is 0 Å². The van der Waals surface area contributed by atoms with E-state index < -0.39 is 0 Å². The van der Waals surface area contributed by atoms with Gasteiger partial charge >= 0.3 is 0 Å². The van der Waals surface area contributed by atoms with Crippen LogP contribution in [0.2, 0.25) is 0 Å². The monoisotopic (exact) mass is 342 g/mol. The molecule has 4 heteroatoms. The SMILES string of the molecule is O=C(c1cccc(CCl)c1)N1CCN(CCc2ccccc2)CC1. The van der Waals surface area contributed by atoms with E-state index in [-0.39, 0.29) is 5.91 Å². The van der Waals surface area contributed by atoms with Gasteiger partial charge in [-0.1, -0.05) is 42.5 Å². The van der Waals surface area contributed by atoms with E-state index in [2.05, 4.69) is 29.2 Å². The molecule has 2 aromatic rings. The zero-order valence-corrected chi connectivity index (χ0v) is 14.6. The number of rotatable bonds is 5. The van der Waals surface area contributed by atoms with Crippen molar-refractivity contribution in [3.05, 3.63) is 71.3 Å². The summed E-state index contributed by atoms with van der Waals surface area (Å²) in [6, 6.07) is 18.2. The molecule has 1 amide bonds. The molecule has 0 aromatic heterocycles. The molecule has 126 valence electrons. The molecule has 24 heavy (non-hydrogen) atoms. The number of carbonyl (C=O) groups excluding carboxylic acids is 1. The largest absolute Gasteiger partial charge is 0.336 e. The van der Waals surface area contributed by atoms with Crippen LogP contribution in [-0.2, 0) is 12.3 Å². The van der Waals surface area contributed by atoms with Crippen molar-refractivity contribution in [1.82, 2.24) is 9.80 Å². The second kappa shape index (κ2) is 8.32. The minimum atomic E-state index is 0.115. The third-order valence-electron chi connectivity index (χ3n) is 4.55. The van der Waals surface area contributed by atoms with E-state index >= 15 is 0 Å². The van der Waals surface area contributed by atoms with Gasteiger partial charge in [0.25, 0.3) is 5.91 Å². The molecule has 0 aliphatic carbocycles. The van der Waals surface area contributed by atoms with Crippen molar-refractivity contribution in [2.45, 2.75) is 12.3 Å². The highest BCUT2D eigenvalue weighted by Crippen LogP contribution is 2.13. The summed E-state index contributed by atoms with van der Waals surface area (Å²) >= 11 is 5.86. The highest BCUT2D eigenvalue weighted by Gasteiger charge is 2.22. The lowest BCUT2D eigenvalue weighted by Gasteiger charge is -2.34. The van der Waals surface area contributed by atoms with Crippen LogP contribution in [0, 0.1) is 0 Å². The van der Waals surface area contributed by atoms with Crippen molar-refractivity contribution in [3.63, 3.8) is 0 Å². The standard InChI is InChI=1S/C20H23ClN2O/c21-16-18-7-4-8-19(15-18)20(24)23-13-11-22(12-14-23)10-9-17-5-2-1-3-6-17/h1-8,15H,9-14,16H2. The van der Waals surface area contributed by atoms with Crippen LogP contribution in [-0.4, -0.2) is 48.4 Å². The maximum atomic E-state index is 12.6. The molecule has 1 heterocycles. The van der Waals surface area contributed by atoms with E-state index in [0.717, 1.165) is 50.3 Å². The van der Waals surface area contributed by atoms with E-state index in [4.69, 9.17) is 11.6 Å². The maximum Gasteiger partial charge on any atom is 0.253 e. The van der Waals surface area contributed by atoms with E-state index in [1.165, 1.54) is 5.56 Å². The number of carbonyl (C=O) groups is 1. The molecule has 0 unspecified atom stereocenters. The Kier molecular flexibility index (Phi) is 5.89. The number of alkyl halides is 1. The summed E-state index contributed by atoms with van der Waals surface area (Å²) < 4.78 is 0. The van der Waals surface area contributed by atoms with Gasteiger partial charge in [0.2, 0.25) is 0 Å². The van der Waals surface area contributed by atoms with E-state index in [1.54, 1.807) is 0 Å². The fourth-order valence-electron chi connectivity index (χ4n) is 3.08. The molecular formula is C20H23ClN2O. The van der Waals surface area contributed by atoms with Crippen LogP contribution in [0.15, 0.2) is 54.6 Å². The molecule has 3 rings (SSSR count). The fraction of sp³-hybridized carbons (Fsp3) is 0.350. The second-order valence-electron chi connectivity index (χ2n) is 6.20. The summed E-state index contributed by atoms with van der Waals surface area (Å²) in [7, 11) is 0. The molecule has 0 saturated carbocycles. The normalized spacial score (nSPS) is 15.5. The summed E-state index contributed by atoms with van der Waals surface area (Å²) in [6.07, 6.45) is 1.06. The van der Waals surface area contributed by atoms with Gasteiger partial charge < -0.3 is 4.90 Å². The fourth-order valence-corrected chi connectivity index (χ4v) is 3.24. The van der Waals surface area contributed by atoms with Crippen molar-refractivity contribution < 1.29 is 4.79 Å². The molecule has 0 bridgehead atoms. The first kappa shape index (κ1) is 17.0. The number of benzene rings is 2. The molecule has 1 aliphatic rings. The minimum Gasteiger partial charge on any atom is -0.336 e. The van der Waals surface area contributed by atoms with Crippen molar-refractivity contribution in [3.8, 4) is 0 Å². The molecule has 2 aromatic carbocycles. The predicted octanol–water partition coefficient (Wildman–Crippen LogP) is 3.43. The van der Waals surface area contributed by atoms with Crippen LogP contribution in [0.4, 0.5) is 0 Å². The summed E-state index contributed by atoms with van der Waals surface area (Å²) in [6.45, 7) is 4.51. The van der Waals surface area contributed by atoms with Crippen molar-refractivity contribution in [2.75, 3.05) is 32.7 Å². The van der Waals surface area contributed by atoms with Gasteiger partial charge in [0.15, 0.2) is 0 Å². The molecule has 1 aliphatic heterocycles. The average molecular weight is 343 g/mol. The second-order valence-corrected chi connectivity index (χ2v) is 6.47. The van der Waals surface area contributed by atoms with Crippen LogP contribution in [0.3, 0.4) is 0 Å². The Hall–Kier alpha value is -1.84. The van der Waals surface area contributed by atoms with Crippen LogP contribution in [0.25, 0.3) is 0 Å². The number of nitrogens with zero attached hydrogens (tertiary/aromatic N) is 2. The van der Waals surface area contributed by atoms with E-state index in [1.807, 2.05) is 35.2 Å². The van der Waals surface area contributed by atoms with Gasteiger partial charge in [-0.3, -0.25) is 9.69 Å². The summed E-state index contributed by atoms with van der Waals surface area (Å²) in [5, 5.41) is 0. The summed E-state index contributed by atoms with van der Waals surface area (Å²) in [5.74, 6) is 0.554. The van der Waals surface area contributed by atoms with Gasteiger partial charge in [-0.25, -0.2) is 0 Å². The Balaban J connectivity index is 1.50. The summed E-state index contributed by atoms with van der Waals surface area (Å²) in [5.41, 5.74) is 3.10. The third kappa shape index (κ3) is 4.37. The van der Waals surface area contributed by atoms with E-state index in [0.29, 0.717) is 5.88 Å². The zero-order valence-electron chi connectivity index (χ0n) is 13.8. The van der Waals surface area contributed by atoms with Crippen molar-refractivity contribution in [2.24, 2.45) is 0 Å². The maximum absolute atomic E-state index is 12.6. The highest BCUT2D eigenvalue weighted by molar-refractivity contribution is 6.17. The average Bonchev–Trinajstić information content (AvgIpc) is 2.67. The Morgan fingerprint density at radius 2 is 1.62 bits per heavy atom. The molecule has 0 radical (unpaired) electrons. The summed E-state index contributed by atoms with van der Waals surface area (Å²) in [4.78, 5) is 17.0. The molecular weight excluding hydrogens is 320 g/mol.